The van der Waals surface area contributed by atoms with Crippen LogP contribution in [0.5, 0.6) is 23.0 Å². The molecule has 1 saturated heterocycles. The van der Waals surface area contributed by atoms with E-state index in [-0.39, 0.29) is 23.5 Å². The molecule has 0 saturated carbocycles. The summed E-state index contributed by atoms with van der Waals surface area (Å²) in [5, 5.41) is 3.02. The number of carbonyl (C=O) groups is 1. The van der Waals surface area contributed by atoms with Crippen LogP contribution in [0.4, 0.5) is 0 Å². The molecule has 0 aromatic heterocycles. The Kier molecular flexibility index (Phi) is 6.97. The second-order valence-electron chi connectivity index (χ2n) is 8.61. The molecule has 2 aromatic rings. The Bertz CT molecular complexity index is 1150. The normalized spacial score (nSPS) is 18.9. The van der Waals surface area contributed by atoms with Crippen molar-refractivity contribution in [2.24, 2.45) is 0 Å². The molecule has 182 valence electrons. The summed E-state index contributed by atoms with van der Waals surface area (Å²) in [7, 11) is 4.72. The summed E-state index contributed by atoms with van der Waals surface area (Å²) < 4.78 is 28.5. The van der Waals surface area contributed by atoms with Crippen LogP contribution in [0.15, 0.2) is 23.0 Å². The third-order valence-corrected chi connectivity index (χ3v) is 6.35. The summed E-state index contributed by atoms with van der Waals surface area (Å²) >= 11 is 0. The monoisotopic (exact) mass is 469 g/mol. The van der Waals surface area contributed by atoms with Gasteiger partial charge in [-0.15, -0.1) is 0 Å². The van der Waals surface area contributed by atoms with Gasteiger partial charge in [-0.05, 0) is 60.2 Å². The van der Waals surface area contributed by atoms with Crippen LogP contribution in [0.25, 0.3) is 11.1 Å². The molecular weight excluding hydrogens is 438 g/mol. The molecule has 2 aromatic carbocycles. The predicted octanol–water partition coefficient (Wildman–Crippen LogP) is 3.34. The van der Waals surface area contributed by atoms with E-state index in [4.69, 9.17) is 23.7 Å². The zero-order chi connectivity index (χ0) is 24.4. The lowest BCUT2D eigenvalue weighted by Gasteiger charge is -2.20. The Balaban J connectivity index is 2.01. The summed E-state index contributed by atoms with van der Waals surface area (Å²) in [5.74, 6) is 1.68. The summed E-state index contributed by atoms with van der Waals surface area (Å²) in [5.41, 5.74) is 3.76. The van der Waals surface area contributed by atoms with Crippen molar-refractivity contribution in [2.45, 2.75) is 45.3 Å². The number of carbonyl (C=O) groups excluding carboxylic acids is 1. The van der Waals surface area contributed by atoms with E-state index in [9.17, 15) is 9.59 Å². The number of hydrogen-bond donors (Lipinski definition) is 1. The molecule has 1 aliphatic heterocycles. The first-order valence-corrected chi connectivity index (χ1v) is 11.4. The van der Waals surface area contributed by atoms with Crippen LogP contribution in [-0.2, 0) is 16.0 Å². The van der Waals surface area contributed by atoms with Gasteiger partial charge in [-0.1, -0.05) is 0 Å². The minimum Gasteiger partial charge on any atom is -0.493 e. The Morgan fingerprint density at radius 2 is 1.79 bits per heavy atom. The van der Waals surface area contributed by atoms with E-state index in [1.165, 1.54) is 6.92 Å². The molecule has 8 heteroatoms. The van der Waals surface area contributed by atoms with Gasteiger partial charge in [-0.25, -0.2) is 0 Å². The molecule has 1 heterocycles. The molecule has 1 amide bonds. The highest BCUT2D eigenvalue weighted by atomic mass is 16.5. The van der Waals surface area contributed by atoms with E-state index in [1.807, 2.05) is 19.1 Å². The third kappa shape index (κ3) is 4.42. The van der Waals surface area contributed by atoms with Gasteiger partial charge >= 0.3 is 0 Å². The fourth-order valence-electron chi connectivity index (χ4n) is 4.82. The highest BCUT2D eigenvalue weighted by Crippen LogP contribution is 2.50. The molecule has 2 atom stereocenters. The van der Waals surface area contributed by atoms with Gasteiger partial charge in [0.25, 0.3) is 0 Å². The topological polar surface area (TPSA) is 92.3 Å². The number of aryl methyl sites for hydroxylation is 2. The summed E-state index contributed by atoms with van der Waals surface area (Å²) in [6.07, 6.45) is 1.82. The predicted molar refractivity (Wildman–Crippen MR) is 127 cm³/mol. The smallest absolute Gasteiger partial charge is 0.221 e. The van der Waals surface area contributed by atoms with Crippen LogP contribution in [0.3, 0.4) is 0 Å². The molecule has 4 rings (SSSR count). The lowest BCUT2D eigenvalue weighted by Crippen LogP contribution is -2.26. The van der Waals surface area contributed by atoms with Crippen molar-refractivity contribution < 1.29 is 28.5 Å². The molecule has 1 N–H and O–H groups in total. The van der Waals surface area contributed by atoms with Crippen LogP contribution in [0.2, 0.25) is 0 Å². The SMILES string of the molecule is COc1cc2c(c(OC)c1OC)-c1cc(C)c(O[C@@H]3CCOC3)c(=O)cc1[C@@H](NC(C)=O)CC2. The van der Waals surface area contributed by atoms with Gasteiger partial charge in [0.05, 0.1) is 40.6 Å². The van der Waals surface area contributed by atoms with Crippen molar-refractivity contribution in [3.8, 4) is 34.1 Å². The van der Waals surface area contributed by atoms with Crippen LogP contribution < -0.4 is 29.7 Å². The number of fused-ring (bicyclic) bond motifs is 3. The number of benzene rings is 1. The van der Waals surface area contributed by atoms with Gasteiger partial charge in [-0.2, -0.15) is 0 Å². The first-order chi connectivity index (χ1) is 16.4. The molecule has 0 bridgehead atoms. The number of hydrogen-bond acceptors (Lipinski definition) is 7. The molecular formula is C26H31NO7. The largest absolute Gasteiger partial charge is 0.493 e. The Morgan fingerprint density at radius 1 is 1.03 bits per heavy atom. The first kappa shape index (κ1) is 23.9. The number of methoxy groups -OCH3 is 3. The van der Waals surface area contributed by atoms with Gasteiger partial charge in [0.15, 0.2) is 17.2 Å². The summed E-state index contributed by atoms with van der Waals surface area (Å²) in [6.45, 7) is 4.41. The zero-order valence-electron chi connectivity index (χ0n) is 20.3. The molecule has 8 nitrogen and oxygen atoms in total. The van der Waals surface area contributed by atoms with Crippen molar-refractivity contribution >= 4 is 5.91 Å². The quantitative estimate of drug-likeness (QED) is 0.694. The van der Waals surface area contributed by atoms with Gasteiger partial charge in [-0.3, -0.25) is 9.59 Å². The average molecular weight is 470 g/mol. The van der Waals surface area contributed by atoms with Crippen LogP contribution in [0.1, 0.15) is 42.5 Å². The lowest BCUT2D eigenvalue weighted by molar-refractivity contribution is -0.119. The molecule has 0 spiro atoms. The zero-order valence-corrected chi connectivity index (χ0v) is 20.3. The summed E-state index contributed by atoms with van der Waals surface area (Å²) in [4.78, 5) is 25.4. The van der Waals surface area contributed by atoms with Crippen molar-refractivity contribution in [3.63, 3.8) is 0 Å². The van der Waals surface area contributed by atoms with Gasteiger partial charge in [0, 0.05) is 18.9 Å². The highest BCUT2D eigenvalue weighted by Gasteiger charge is 2.30. The molecule has 0 radical (unpaired) electrons. The average Bonchev–Trinajstić information content (AvgIpc) is 3.25. The van der Waals surface area contributed by atoms with E-state index >= 15 is 0 Å². The minimum atomic E-state index is -0.358. The fraction of sp³-hybridized carbons (Fsp3) is 0.462. The first-order valence-electron chi connectivity index (χ1n) is 11.4. The van der Waals surface area contributed by atoms with Crippen LogP contribution in [0, 0.1) is 6.92 Å². The standard InChI is InChI=1S/C26H31NO7/c1-14-10-19-18(12-21(29)24(14)34-17-8-9-33-13-17)20(27-15(2)28)7-6-16-11-22(30-3)25(31-4)26(32-5)23(16)19/h10-12,17,20H,6-9,13H2,1-5H3,(H,27,28)/t17-,20+/m1/s1. The Hall–Kier alpha value is -3.26. The Labute approximate surface area is 199 Å². The maximum absolute atomic E-state index is 13.4. The van der Waals surface area contributed by atoms with Crippen molar-refractivity contribution in [1.82, 2.24) is 5.32 Å². The number of ether oxygens (including phenoxy) is 5. The van der Waals surface area contributed by atoms with Gasteiger partial charge < -0.3 is 29.0 Å². The molecule has 1 aliphatic carbocycles. The van der Waals surface area contributed by atoms with Gasteiger partial charge in [0.1, 0.15) is 6.10 Å². The van der Waals surface area contributed by atoms with Gasteiger partial charge in [0.2, 0.25) is 17.1 Å². The number of amides is 1. The van der Waals surface area contributed by atoms with Crippen molar-refractivity contribution in [3.05, 3.63) is 45.1 Å². The number of rotatable bonds is 6. The van der Waals surface area contributed by atoms with E-state index in [0.717, 1.165) is 23.1 Å². The second kappa shape index (κ2) is 9.93. The molecule has 0 unspecified atom stereocenters. The maximum atomic E-state index is 13.4. The second-order valence-corrected chi connectivity index (χ2v) is 8.61. The van der Waals surface area contributed by atoms with E-state index in [2.05, 4.69) is 5.32 Å². The van der Waals surface area contributed by atoms with E-state index < -0.39 is 0 Å². The van der Waals surface area contributed by atoms with Crippen molar-refractivity contribution in [2.75, 3.05) is 34.5 Å². The summed E-state index contributed by atoms with van der Waals surface area (Å²) in [6, 6.07) is 5.10. The lowest BCUT2D eigenvalue weighted by atomic mass is 9.95. The fourth-order valence-corrected chi connectivity index (χ4v) is 4.82. The van der Waals surface area contributed by atoms with Crippen molar-refractivity contribution in [1.29, 1.82) is 0 Å². The maximum Gasteiger partial charge on any atom is 0.221 e. The van der Waals surface area contributed by atoms with Crippen LogP contribution >= 0.6 is 0 Å². The minimum absolute atomic E-state index is 0.161. The highest BCUT2D eigenvalue weighted by molar-refractivity contribution is 5.84. The third-order valence-electron chi connectivity index (χ3n) is 6.35. The number of nitrogens with one attached hydrogen (secondary N) is 1. The van der Waals surface area contributed by atoms with E-state index in [1.54, 1.807) is 27.4 Å². The van der Waals surface area contributed by atoms with Crippen LogP contribution in [-0.4, -0.2) is 46.6 Å². The molecule has 1 fully saturated rings. The molecule has 34 heavy (non-hydrogen) atoms. The van der Waals surface area contributed by atoms with E-state index in [0.29, 0.717) is 60.2 Å². The molecule has 2 aliphatic rings. The Morgan fingerprint density at radius 3 is 2.41 bits per heavy atom.